The second-order valence-electron chi connectivity index (χ2n) is 7.82. The lowest BCUT2D eigenvalue weighted by atomic mass is 9.90. The number of amides is 1. The van der Waals surface area contributed by atoms with Crippen LogP contribution < -0.4 is 4.74 Å². The van der Waals surface area contributed by atoms with Gasteiger partial charge in [0.05, 0.1) is 30.3 Å². The van der Waals surface area contributed by atoms with Gasteiger partial charge in [-0.2, -0.15) is 5.10 Å². The molecule has 0 aliphatic carbocycles. The second-order valence-corrected chi connectivity index (χ2v) is 7.82. The molecule has 0 N–H and O–H groups in total. The van der Waals surface area contributed by atoms with E-state index in [2.05, 4.69) is 17.2 Å². The van der Waals surface area contributed by atoms with Gasteiger partial charge in [-0.1, -0.05) is 12.1 Å². The average molecular weight is 407 g/mol. The zero-order valence-corrected chi connectivity index (χ0v) is 17.3. The summed E-state index contributed by atoms with van der Waals surface area (Å²) >= 11 is 0. The molecule has 156 valence electrons. The van der Waals surface area contributed by atoms with E-state index in [9.17, 15) is 9.18 Å². The highest BCUT2D eigenvalue weighted by atomic mass is 19.1. The van der Waals surface area contributed by atoms with Crippen LogP contribution >= 0.6 is 0 Å². The summed E-state index contributed by atoms with van der Waals surface area (Å²) in [5, 5.41) is 4.35. The van der Waals surface area contributed by atoms with Gasteiger partial charge in [-0.25, -0.2) is 9.07 Å². The Labute approximate surface area is 176 Å². The average Bonchev–Trinajstić information content (AvgIpc) is 3.16. The molecule has 0 atom stereocenters. The van der Waals surface area contributed by atoms with Crippen molar-refractivity contribution in [1.29, 1.82) is 0 Å². The van der Waals surface area contributed by atoms with E-state index in [1.54, 1.807) is 30.1 Å². The van der Waals surface area contributed by atoms with Gasteiger partial charge < -0.3 is 9.64 Å². The monoisotopic (exact) mass is 407 g/mol. The van der Waals surface area contributed by atoms with E-state index in [1.807, 2.05) is 24.0 Å². The van der Waals surface area contributed by atoms with E-state index in [1.165, 1.54) is 17.7 Å². The van der Waals surface area contributed by atoms with Gasteiger partial charge in [0.25, 0.3) is 5.91 Å². The highest BCUT2D eigenvalue weighted by molar-refractivity contribution is 5.95. The molecule has 0 spiro atoms. The van der Waals surface area contributed by atoms with Gasteiger partial charge >= 0.3 is 0 Å². The lowest BCUT2D eigenvalue weighted by Gasteiger charge is -2.32. The summed E-state index contributed by atoms with van der Waals surface area (Å²) in [4.78, 5) is 15.0. The van der Waals surface area contributed by atoms with Crippen molar-refractivity contribution in [1.82, 2.24) is 14.7 Å². The number of carbonyl (C=O) groups excluding carboxylic acids is 1. The standard InChI is InChI=1S/C24H26FN3O2/c1-17-23(16-26-28(17)21-7-5-20(25)6-8-21)24(29)27-13-11-19(12-14-27)15-18-3-9-22(30-2)10-4-18/h3-10,16,19H,11-15H2,1-2H3. The summed E-state index contributed by atoms with van der Waals surface area (Å²) in [7, 11) is 1.67. The minimum atomic E-state index is -0.294. The van der Waals surface area contributed by atoms with Crippen LogP contribution in [0.2, 0.25) is 0 Å². The second kappa shape index (κ2) is 8.69. The number of ether oxygens (including phenoxy) is 1. The first-order chi connectivity index (χ1) is 14.5. The number of benzene rings is 2. The van der Waals surface area contributed by atoms with Gasteiger partial charge in [-0.05, 0) is 74.1 Å². The predicted octanol–water partition coefficient (Wildman–Crippen LogP) is 4.42. The molecule has 1 fully saturated rings. The zero-order valence-electron chi connectivity index (χ0n) is 17.3. The number of aromatic nitrogens is 2. The molecule has 1 amide bonds. The number of likely N-dealkylation sites (tertiary alicyclic amines) is 1. The lowest BCUT2D eigenvalue weighted by molar-refractivity contribution is 0.0690. The summed E-state index contributed by atoms with van der Waals surface area (Å²) < 4.78 is 20.1. The molecule has 0 radical (unpaired) electrons. The Bertz CT molecular complexity index is 1000. The Kier molecular flexibility index (Phi) is 5.84. The number of methoxy groups -OCH3 is 1. The summed E-state index contributed by atoms with van der Waals surface area (Å²) in [5.41, 5.74) is 3.42. The first kappa shape index (κ1) is 20.1. The number of nitrogens with zero attached hydrogens (tertiary/aromatic N) is 3. The molecular weight excluding hydrogens is 381 g/mol. The van der Waals surface area contributed by atoms with Crippen LogP contribution in [-0.2, 0) is 6.42 Å². The van der Waals surface area contributed by atoms with E-state index in [4.69, 9.17) is 4.74 Å². The van der Waals surface area contributed by atoms with Crippen LogP contribution in [0.1, 0.15) is 34.5 Å². The number of hydrogen-bond acceptors (Lipinski definition) is 3. The first-order valence-electron chi connectivity index (χ1n) is 10.3. The Hall–Kier alpha value is -3.15. The van der Waals surface area contributed by atoms with Crippen LogP contribution in [0.25, 0.3) is 5.69 Å². The topological polar surface area (TPSA) is 47.4 Å². The van der Waals surface area contributed by atoms with Gasteiger partial charge in [-0.15, -0.1) is 0 Å². The van der Waals surface area contributed by atoms with Crippen LogP contribution in [0.15, 0.2) is 54.7 Å². The van der Waals surface area contributed by atoms with E-state index in [0.717, 1.165) is 49.5 Å². The molecule has 30 heavy (non-hydrogen) atoms. The number of rotatable bonds is 5. The molecule has 0 bridgehead atoms. The van der Waals surface area contributed by atoms with Crippen LogP contribution in [0.4, 0.5) is 4.39 Å². The van der Waals surface area contributed by atoms with Crippen LogP contribution in [0, 0.1) is 18.7 Å². The van der Waals surface area contributed by atoms with Crippen molar-refractivity contribution >= 4 is 5.91 Å². The molecule has 0 unspecified atom stereocenters. The highest BCUT2D eigenvalue weighted by Gasteiger charge is 2.26. The summed E-state index contributed by atoms with van der Waals surface area (Å²) in [6.45, 7) is 3.38. The fourth-order valence-corrected chi connectivity index (χ4v) is 4.07. The Morgan fingerprint density at radius 2 is 1.77 bits per heavy atom. The molecule has 1 aliphatic rings. The molecule has 1 aromatic heterocycles. The van der Waals surface area contributed by atoms with Crippen molar-refractivity contribution in [3.05, 3.63) is 77.4 Å². The van der Waals surface area contributed by atoms with E-state index < -0.39 is 0 Å². The summed E-state index contributed by atoms with van der Waals surface area (Å²) in [6, 6.07) is 14.3. The molecule has 5 nitrogen and oxygen atoms in total. The van der Waals surface area contributed by atoms with Gasteiger partial charge in [0.2, 0.25) is 0 Å². The maximum atomic E-state index is 13.2. The Morgan fingerprint density at radius 1 is 1.10 bits per heavy atom. The molecule has 2 heterocycles. The zero-order chi connectivity index (χ0) is 21.1. The number of carbonyl (C=O) groups is 1. The predicted molar refractivity (Wildman–Crippen MR) is 114 cm³/mol. The lowest BCUT2D eigenvalue weighted by Crippen LogP contribution is -2.39. The van der Waals surface area contributed by atoms with Gasteiger partial charge in [0, 0.05) is 13.1 Å². The van der Waals surface area contributed by atoms with E-state index in [0.29, 0.717) is 11.5 Å². The van der Waals surface area contributed by atoms with Gasteiger partial charge in [0.1, 0.15) is 11.6 Å². The molecule has 4 rings (SSSR count). The summed E-state index contributed by atoms with van der Waals surface area (Å²) in [6.07, 6.45) is 4.61. The van der Waals surface area contributed by atoms with E-state index in [-0.39, 0.29) is 11.7 Å². The SMILES string of the molecule is COc1ccc(CC2CCN(C(=O)c3cnn(-c4ccc(F)cc4)c3C)CC2)cc1. The third kappa shape index (κ3) is 4.22. The summed E-state index contributed by atoms with van der Waals surface area (Å²) in [5.74, 6) is 1.17. The molecule has 0 saturated carbocycles. The van der Waals surface area contributed by atoms with Crippen molar-refractivity contribution in [2.45, 2.75) is 26.2 Å². The van der Waals surface area contributed by atoms with Crippen molar-refractivity contribution in [2.24, 2.45) is 5.92 Å². The third-order valence-electron chi connectivity index (χ3n) is 5.90. The molecule has 3 aromatic rings. The fraction of sp³-hybridized carbons (Fsp3) is 0.333. The molecule has 6 heteroatoms. The van der Waals surface area contributed by atoms with Crippen molar-refractivity contribution in [3.63, 3.8) is 0 Å². The van der Waals surface area contributed by atoms with Gasteiger partial charge in [-0.3, -0.25) is 4.79 Å². The molecule has 1 aliphatic heterocycles. The minimum Gasteiger partial charge on any atom is -0.497 e. The molecule has 2 aromatic carbocycles. The Balaban J connectivity index is 1.38. The Morgan fingerprint density at radius 3 is 2.40 bits per heavy atom. The first-order valence-corrected chi connectivity index (χ1v) is 10.3. The molecule has 1 saturated heterocycles. The van der Waals surface area contributed by atoms with Gasteiger partial charge in [0.15, 0.2) is 0 Å². The number of halogens is 1. The van der Waals surface area contributed by atoms with E-state index >= 15 is 0 Å². The smallest absolute Gasteiger partial charge is 0.257 e. The number of piperidine rings is 1. The van der Waals surface area contributed by atoms with Crippen molar-refractivity contribution < 1.29 is 13.9 Å². The van der Waals surface area contributed by atoms with Crippen molar-refractivity contribution in [3.8, 4) is 11.4 Å². The fourth-order valence-electron chi connectivity index (χ4n) is 4.07. The minimum absolute atomic E-state index is 0.0174. The normalized spacial score (nSPS) is 14.7. The highest BCUT2D eigenvalue weighted by Crippen LogP contribution is 2.25. The van der Waals surface area contributed by atoms with Crippen LogP contribution in [-0.4, -0.2) is 40.8 Å². The third-order valence-corrected chi connectivity index (χ3v) is 5.90. The van der Waals surface area contributed by atoms with Crippen molar-refractivity contribution in [2.75, 3.05) is 20.2 Å². The molecular formula is C24H26FN3O2. The van der Waals surface area contributed by atoms with Crippen LogP contribution in [0.3, 0.4) is 0 Å². The maximum Gasteiger partial charge on any atom is 0.257 e. The largest absolute Gasteiger partial charge is 0.497 e. The van der Waals surface area contributed by atoms with Crippen LogP contribution in [0.5, 0.6) is 5.75 Å². The maximum absolute atomic E-state index is 13.2. The quantitative estimate of drug-likeness (QED) is 0.629. The number of hydrogen-bond donors (Lipinski definition) is 0.